The van der Waals surface area contributed by atoms with Crippen LogP contribution in [0.4, 0.5) is 18.9 Å². The number of halogens is 3. The zero-order chi connectivity index (χ0) is 23.4. The second kappa shape index (κ2) is 10.1. The zero-order valence-corrected chi connectivity index (χ0v) is 18.6. The molecule has 0 bridgehead atoms. The van der Waals surface area contributed by atoms with Gasteiger partial charge in [0.1, 0.15) is 5.75 Å². The van der Waals surface area contributed by atoms with Gasteiger partial charge in [-0.2, -0.15) is 13.2 Å². The highest BCUT2D eigenvalue weighted by Gasteiger charge is 2.39. The maximum atomic E-state index is 13.3. The summed E-state index contributed by atoms with van der Waals surface area (Å²) in [5.41, 5.74) is 0.619. The van der Waals surface area contributed by atoms with Gasteiger partial charge in [-0.3, -0.25) is 9.69 Å². The van der Waals surface area contributed by atoms with Crippen LogP contribution in [-0.4, -0.2) is 44.2 Å². The van der Waals surface area contributed by atoms with E-state index in [2.05, 4.69) is 10.2 Å². The van der Waals surface area contributed by atoms with Crippen molar-refractivity contribution in [1.29, 1.82) is 0 Å². The van der Waals surface area contributed by atoms with E-state index in [1.54, 1.807) is 37.4 Å². The lowest BCUT2D eigenvalue weighted by molar-refractivity contribution is -0.137. The van der Waals surface area contributed by atoms with E-state index in [1.807, 2.05) is 0 Å². The predicted octanol–water partition coefficient (Wildman–Crippen LogP) is 5.14. The van der Waals surface area contributed by atoms with E-state index in [-0.39, 0.29) is 17.9 Å². The number of alkyl halides is 3. The van der Waals surface area contributed by atoms with E-state index >= 15 is 0 Å². The van der Waals surface area contributed by atoms with Crippen LogP contribution in [0.2, 0.25) is 0 Å². The number of nitrogens with one attached hydrogen (secondary N) is 1. The van der Waals surface area contributed by atoms with Gasteiger partial charge in [-0.25, -0.2) is 0 Å². The number of anilines is 1. The smallest absolute Gasteiger partial charge is 0.416 e. The van der Waals surface area contributed by atoms with Gasteiger partial charge in [-0.1, -0.05) is 12.1 Å². The average Bonchev–Trinajstić information content (AvgIpc) is 3.24. The largest absolute Gasteiger partial charge is 0.497 e. The van der Waals surface area contributed by atoms with Crippen LogP contribution in [0.1, 0.15) is 36.4 Å². The van der Waals surface area contributed by atoms with Gasteiger partial charge < -0.3 is 14.8 Å². The molecule has 0 spiro atoms. The second-order valence-electron chi connectivity index (χ2n) is 8.80. The van der Waals surface area contributed by atoms with Crippen molar-refractivity contribution >= 4 is 11.6 Å². The molecule has 1 N–H and O–H groups in total. The molecule has 0 aliphatic carbocycles. The Morgan fingerprint density at radius 3 is 2.55 bits per heavy atom. The molecular weight excluding hydrogens is 433 g/mol. The van der Waals surface area contributed by atoms with Gasteiger partial charge in [0.15, 0.2) is 0 Å². The molecule has 0 saturated carbocycles. The highest BCUT2D eigenvalue weighted by molar-refractivity contribution is 5.93. The molecule has 2 aromatic rings. The topological polar surface area (TPSA) is 50.8 Å². The summed E-state index contributed by atoms with van der Waals surface area (Å²) in [4.78, 5) is 15.2. The second-order valence-corrected chi connectivity index (χ2v) is 8.80. The summed E-state index contributed by atoms with van der Waals surface area (Å²) in [5, 5.41) is 2.95. The van der Waals surface area contributed by atoms with Gasteiger partial charge >= 0.3 is 6.18 Å². The molecule has 33 heavy (non-hydrogen) atoms. The van der Waals surface area contributed by atoms with Gasteiger partial charge in [0.25, 0.3) is 0 Å². The minimum Gasteiger partial charge on any atom is -0.497 e. The van der Waals surface area contributed by atoms with Gasteiger partial charge in [0, 0.05) is 38.0 Å². The highest BCUT2D eigenvalue weighted by Crippen LogP contribution is 2.39. The molecule has 2 atom stereocenters. The van der Waals surface area contributed by atoms with Crippen LogP contribution in [0, 0.1) is 11.8 Å². The summed E-state index contributed by atoms with van der Waals surface area (Å²) in [6.07, 6.45) is -2.07. The summed E-state index contributed by atoms with van der Waals surface area (Å²) < 4.78 is 50.6. The lowest BCUT2D eigenvalue weighted by Crippen LogP contribution is -2.34. The summed E-state index contributed by atoms with van der Waals surface area (Å²) >= 11 is 0. The first-order valence-electron chi connectivity index (χ1n) is 11.3. The SMILES string of the molecule is COc1ccc(NC(=O)[C@@H]2C[C@@H](c3cccc(C(F)(F)F)c3)N(CC3CCOCC3)C2)cc1. The molecule has 0 radical (unpaired) electrons. The molecule has 5 nitrogen and oxygen atoms in total. The first-order chi connectivity index (χ1) is 15.8. The van der Waals surface area contributed by atoms with Gasteiger partial charge in [-0.05, 0) is 67.1 Å². The molecule has 2 aromatic carbocycles. The van der Waals surface area contributed by atoms with E-state index in [1.165, 1.54) is 12.1 Å². The zero-order valence-electron chi connectivity index (χ0n) is 18.6. The Labute approximate surface area is 191 Å². The lowest BCUT2D eigenvalue weighted by Gasteiger charge is -2.31. The Hall–Kier alpha value is -2.58. The molecular formula is C25H29F3N2O3. The minimum atomic E-state index is -4.40. The van der Waals surface area contributed by atoms with Gasteiger partial charge in [-0.15, -0.1) is 0 Å². The van der Waals surface area contributed by atoms with Crippen molar-refractivity contribution in [2.45, 2.75) is 31.5 Å². The Balaban J connectivity index is 1.52. The fourth-order valence-corrected chi connectivity index (χ4v) is 4.74. The number of nitrogens with zero attached hydrogens (tertiary/aromatic N) is 1. The third-order valence-corrected chi connectivity index (χ3v) is 6.56. The highest BCUT2D eigenvalue weighted by atomic mass is 19.4. The standard InChI is InChI=1S/C25H29F3N2O3/c1-32-22-7-5-21(6-8-22)29-24(31)19-14-23(18-3-2-4-20(13-18)25(26,27)28)30(16-19)15-17-9-11-33-12-10-17/h2-8,13,17,19,23H,9-12,14-16H2,1H3,(H,29,31)/t19-,23+/m1/s1. The van der Waals surface area contributed by atoms with Crippen molar-refractivity contribution in [1.82, 2.24) is 4.90 Å². The molecule has 2 saturated heterocycles. The first kappa shape index (κ1) is 23.6. The molecule has 1 amide bonds. The number of methoxy groups -OCH3 is 1. The van der Waals surface area contributed by atoms with Crippen LogP contribution >= 0.6 is 0 Å². The number of rotatable bonds is 6. The van der Waals surface area contributed by atoms with Gasteiger partial charge in [0.05, 0.1) is 18.6 Å². The number of carbonyl (C=O) groups is 1. The Kier molecular flexibility index (Phi) is 7.24. The quantitative estimate of drug-likeness (QED) is 0.646. The molecule has 2 fully saturated rings. The fraction of sp³-hybridized carbons (Fsp3) is 0.480. The maximum Gasteiger partial charge on any atom is 0.416 e. The molecule has 0 unspecified atom stereocenters. The summed E-state index contributed by atoms with van der Waals surface area (Å²) in [7, 11) is 1.58. The Morgan fingerprint density at radius 1 is 1.15 bits per heavy atom. The lowest BCUT2D eigenvalue weighted by atomic mass is 9.96. The van der Waals surface area contributed by atoms with E-state index in [9.17, 15) is 18.0 Å². The molecule has 0 aromatic heterocycles. The van der Waals surface area contributed by atoms with Crippen molar-refractivity contribution in [2.75, 3.05) is 38.7 Å². The number of benzene rings is 2. The van der Waals surface area contributed by atoms with Crippen molar-refractivity contribution in [3.63, 3.8) is 0 Å². The van der Waals surface area contributed by atoms with Crippen molar-refractivity contribution in [3.05, 3.63) is 59.7 Å². The Morgan fingerprint density at radius 2 is 1.88 bits per heavy atom. The molecule has 178 valence electrons. The predicted molar refractivity (Wildman–Crippen MR) is 119 cm³/mol. The van der Waals surface area contributed by atoms with Crippen molar-refractivity contribution in [2.24, 2.45) is 11.8 Å². The van der Waals surface area contributed by atoms with E-state index < -0.39 is 11.7 Å². The first-order valence-corrected chi connectivity index (χ1v) is 11.3. The molecule has 8 heteroatoms. The third kappa shape index (κ3) is 5.86. The number of carbonyl (C=O) groups excluding carboxylic acids is 1. The van der Waals surface area contributed by atoms with E-state index in [0.717, 1.165) is 25.5 Å². The van der Waals surface area contributed by atoms with Crippen LogP contribution in [-0.2, 0) is 15.7 Å². The summed E-state index contributed by atoms with van der Waals surface area (Å²) in [5.74, 6) is 0.676. The van der Waals surface area contributed by atoms with E-state index in [0.29, 0.717) is 49.1 Å². The number of hydrogen-bond donors (Lipinski definition) is 1. The maximum absolute atomic E-state index is 13.3. The normalized spacial score (nSPS) is 22.3. The molecule has 2 heterocycles. The van der Waals surface area contributed by atoms with Crippen molar-refractivity contribution < 1.29 is 27.4 Å². The molecule has 2 aliphatic heterocycles. The van der Waals surface area contributed by atoms with Crippen molar-refractivity contribution in [3.8, 4) is 5.75 Å². The summed E-state index contributed by atoms with van der Waals surface area (Å²) in [6.45, 7) is 2.67. The van der Waals surface area contributed by atoms with Crippen LogP contribution < -0.4 is 10.1 Å². The monoisotopic (exact) mass is 462 g/mol. The van der Waals surface area contributed by atoms with Crippen LogP contribution in [0.5, 0.6) is 5.75 Å². The number of hydrogen-bond acceptors (Lipinski definition) is 4. The Bertz CT molecular complexity index is 943. The van der Waals surface area contributed by atoms with Crippen LogP contribution in [0.3, 0.4) is 0 Å². The number of amides is 1. The van der Waals surface area contributed by atoms with Crippen LogP contribution in [0.25, 0.3) is 0 Å². The number of likely N-dealkylation sites (tertiary alicyclic amines) is 1. The molecule has 4 rings (SSSR count). The minimum absolute atomic E-state index is 0.119. The number of ether oxygens (including phenoxy) is 2. The van der Waals surface area contributed by atoms with E-state index in [4.69, 9.17) is 9.47 Å². The summed E-state index contributed by atoms with van der Waals surface area (Å²) in [6, 6.07) is 12.4. The van der Waals surface area contributed by atoms with Crippen LogP contribution in [0.15, 0.2) is 48.5 Å². The average molecular weight is 463 g/mol. The molecule has 2 aliphatic rings. The fourth-order valence-electron chi connectivity index (χ4n) is 4.74. The van der Waals surface area contributed by atoms with Gasteiger partial charge in [0.2, 0.25) is 5.91 Å². The third-order valence-electron chi connectivity index (χ3n) is 6.56.